The second kappa shape index (κ2) is 11.3. The van der Waals surface area contributed by atoms with Gasteiger partial charge in [0.2, 0.25) is 0 Å². The Morgan fingerprint density at radius 1 is 0.897 bits per heavy atom. The lowest BCUT2D eigenvalue weighted by Crippen LogP contribution is -2.47. The van der Waals surface area contributed by atoms with Crippen molar-refractivity contribution < 1.29 is 9.53 Å². The SMILES string of the molecule is COc1ccc(-c2nn(-c3ccccc3)cc2/C=C2\SC(N3CCN(Cc4ccccc4)CC3)=NC2=O)cc1. The van der Waals surface area contributed by atoms with Crippen LogP contribution < -0.4 is 4.74 Å². The molecular formula is C31H29N5O2S. The largest absolute Gasteiger partial charge is 0.497 e. The topological polar surface area (TPSA) is 63.0 Å². The van der Waals surface area contributed by atoms with Gasteiger partial charge in [-0.25, -0.2) is 4.68 Å². The van der Waals surface area contributed by atoms with Crippen molar-refractivity contribution in [3.63, 3.8) is 0 Å². The first kappa shape index (κ1) is 25.2. The number of carbonyl (C=O) groups excluding carboxylic acids is 1. The lowest BCUT2D eigenvalue weighted by molar-refractivity contribution is -0.113. The number of amidine groups is 1. The summed E-state index contributed by atoms with van der Waals surface area (Å²) in [4.78, 5) is 22.7. The summed E-state index contributed by atoms with van der Waals surface area (Å²) in [5.74, 6) is 0.583. The maximum atomic E-state index is 13.0. The molecule has 8 heteroatoms. The first-order valence-corrected chi connectivity index (χ1v) is 13.8. The zero-order valence-electron chi connectivity index (χ0n) is 21.7. The number of para-hydroxylation sites is 1. The summed E-state index contributed by atoms with van der Waals surface area (Å²) < 4.78 is 7.18. The molecule has 2 aliphatic heterocycles. The van der Waals surface area contributed by atoms with Crippen LogP contribution in [0.4, 0.5) is 0 Å². The summed E-state index contributed by atoms with van der Waals surface area (Å²) in [6.07, 6.45) is 3.89. The molecule has 0 bridgehead atoms. The van der Waals surface area contributed by atoms with Crippen LogP contribution in [0.3, 0.4) is 0 Å². The molecule has 3 heterocycles. The summed E-state index contributed by atoms with van der Waals surface area (Å²) in [5, 5.41) is 5.67. The molecule has 4 aromatic rings. The Kier molecular flexibility index (Phi) is 7.29. The average Bonchev–Trinajstić information content (AvgIpc) is 3.58. The molecule has 196 valence electrons. The molecule has 39 heavy (non-hydrogen) atoms. The molecule has 1 amide bonds. The Hall–Kier alpha value is -4.14. The van der Waals surface area contributed by atoms with Gasteiger partial charge in [0, 0.05) is 50.0 Å². The number of carbonyl (C=O) groups is 1. The van der Waals surface area contributed by atoms with Crippen molar-refractivity contribution in [3.8, 4) is 22.7 Å². The van der Waals surface area contributed by atoms with E-state index in [1.807, 2.05) is 77.6 Å². The Morgan fingerprint density at radius 3 is 2.28 bits per heavy atom. The number of aliphatic imine (C=N–C) groups is 1. The van der Waals surface area contributed by atoms with Crippen molar-refractivity contribution in [2.75, 3.05) is 33.3 Å². The van der Waals surface area contributed by atoms with Gasteiger partial charge in [0.05, 0.1) is 23.4 Å². The number of ether oxygens (including phenoxy) is 1. The van der Waals surface area contributed by atoms with Crippen LogP contribution in [0.25, 0.3) is 23.0 Å². The number of methoxy groups -OCH3 is 1. The number of benzene rings is 3. The smallest absolute Gasteiger partial charge is 0.286 e. The predicted molar refractivity (Wildman–Crippen MR) is 157 cm³/mol. The van der Waals surface area contributed by atoms with Crippen molar-refractivity contribution in [3.05, 3.63) is 107 Å². The van der Waals surface area contributed by atoms with Crippen molar-refractivity contribution in [2.24, 2.45) is 4.99 Å². The van der Waals surface area contributed by atoms with Gasteiger partial charge in [-0.3, -0.25) is 9.69 Å². The molecule has 1 aromatic heterocycles. The first-order valence-electron chi connectivity index (χ1n) is 13.0. The minimum absolute atomic E-state index is 0.199. The summed E-state index contributed by atoms with van der Waals surface area (Å²) in [7, 11) is 1.65. The number of hydrogen-bond acceptors (Lipinski definition) is 6. The maximum Gasteiger partial charge on any atom is 0.286 e. The molecule has 0 radical (unpaired) electrons. The molecule has 0 atom stereocenters. The number of amides is 1. The molecule has 7 nitrogen and oxygen atoms in total. The number of rotatable bonds is 6. The number of thioether (sulfide) groups is 1. The normalized spacial score (nSPS) is 17.1. The summed E-state index contributed by atoms with van der Waals surface area (Å²) in [6.45, 7) is 4.52. The molecule has 2 aliphatic rings. The fourth-order valence-electron chi connectivity index (χ4n) is 4.79. The van der Waals surface area contributed by atoms with Gasteiger partial charge in [-0.05, 0) is 59.8 Å². The molecule has 0 aliphatic carbocycles. The minimum Gasteiger partial charge on any atom is -0.497 e. The highest BCUT2D eigenvalue weighted by Crippen LogP contribution is 2.34. The van der Waals surface area contributed by atoms with E-state index >= 15 is 0 Å². The fraction of sp³-hybridized carbons (Fsp3) is 0.194. The van der Waals surface area contributed by atoms with E-state index in [2.05, 4.69) is 39.1 Å². The van der Waals surface area contributed by atoms with Crippen LogP contribution in [0.2, 0.25) is 0 Å². The van der Waals surface area contributed by atoms with Crippen molar-refractivity contribution in [1.82, 2.24) is 19.6 Å². The molecule has 3 aromatic carbocycles. The maximum absolute atomic E-state index is 13.0. The first-order chi connectivity index (χ1) is 19.2. The lowest BCUT2D eigenvalue weighted by atomic mass is 10.1. The van der Waals surface area contributed by atoms with Gasteiger partial charge in [0.25, 0.3) is 5.91 Å². The average molecular weight is 536 g/mol. The van der Waals surface area contributed by atoms with Crippen molar-refractivity contribution in [2.45, 2.75) is 6.54 Å². The molecule has 0 spiro atoms. The lowest BCUT2D eigenvalue weighted by Gasteiger charge is -2.35. The molecule has 0 saturated carbocycles. The Labute approximate surface area is 232 Å². The molecule has 0 unspecified atom stereocenters. The third-order valence-corrected chi connectivity index (χ3v) is 7.96. The second-order valence-corrected chi connectivity index (χ2v) is 10.5. The van der Waals surface area contributed by atoms with E-state index < -0.39 is 0 Å². The molecule has 0 N–H and O–H groups in total. The predicted octanol–water partition coefficient (Wildman–Crippen LogP) is 5.34. The van der Waals surface area contributed by atoms with Gasteiger partial charge in [0.15, 0.2) is 5.17 Å². The zero-order valence-corrected chi connectivity index (χ0v) is 22.6. The van der Waals surface area contributed by atoms with Gasteiger partial charge < -0.3 is 9.64 Å². The number of nitrogens with zero attached hydrogens (tertiary/aromatic N) is 5. The Morgan fingerprint density at radius 2 is 1.59 bits per heavy atom. The third-order valence-electron chi connectivity index (χ3n) is 6.91. The summed E-state index contributed by atoms with van der Waals surface area (Å²) >= 11 is 1.45. The zero-order chi connectivity index (χ0) is 26.6. The van der Waals surface area contributed by atoms with Crippen LogP contribution in [-0.4, -0.2) is 63.9 Å². The number of piperazine rings is 1. The standard InChI is InChI=1S/C31H29N5O2S/c1-38-27-14-12-24(13-15-27)29-25(22-36(33-29)26-10-6-3-7-11-26)20-28-30(37)32-31(39-28)35-18-16-34(17-19-35)21-23-8-4-2-5-9-23/h2-15,20,22H,16-19,21H2,1H3/b28-20-. The van der Waals surface area contributed by atoms with E-state index in [0.717, 1.165) is 66.1 Å². The van der Waals surface area contributed by atoms with Crippen LogP contribution in [0.15, 0.2) is 101 Å². The molecule has 1 saturated heterocycles. The molecule has 1 fully saturated rings. The van der Waals surface area contributed by atoms with E-state index in [9.17, 15) is 4.79 Å². The number of hydrogen-bond donors (Lipinski definition) is 0. The van der Waals surface area contributed by atoms with Gasteiger partial charge in [-0.1, -0.05) is 48.5 Å². The van der Waals surface area contributed by atoms with E-state index in [1.165, 1.54) is 17.3 Å². The van der Waals surface area contributed by atoms with E-state index in [-0.39, 0.29) is 5.91 Å². The molecular weight excluding hydrogens is 506 g/mol. The van der Waals surface area contributed by atoms with Gasteiger partial charge in [-0.2, -0.15) is 10.1 Å². The highest BCUT2D eigenvalue weighted by atomic mass is 32.2. The van der Waals surface area contributed by atoms with Crippen LogP contribution in [-0.2, 0) is 11.3 Å². The molecule has 6 rings (SSSR count). The summed E-state index contributed by atoms with van der Waals surface area (Å²) in [6, 6.07) is 28.3. The van der Waals surface area contributed by atoms with Crippen LogP contribution in [0.5, 0.6) is 5.75 Å². The van der Waals surface area contributed by atoms with E-state index in [1.54, 1.807) is 7.11 Å². The fourth-order valence-corrected chi connectivity index (χ4v) is 5.75. The van der Waals surface area contributed by atoms with Crippen molar-refractivity contribution in [1.29, 1.82) is 0 Å². The van der Waals surface area contributed by atoms with E-state index in [0.29, 0.717) is 4.91 Å². The van der Waals surface area contributed by atoms with E-state index in [4.69, 9.17) is 9.84 Å². The monoisotopic (exact) mass is 535 g/mol. The van der Waals surface area contributed by atoms with Gasteiger partial charge >= 0.3 is 0 Å². The van der Waals surface area contributed by atoms with Crippen LogP contribution in [0.1, 0.15) is 11.1 Å². The van der Waals surface area contributed by atoms with Crippen LogP contribution in [0, 0.1) is 0 Å². The summed E-state index contributed by atoms with van der Waals surface area (Å²) in [5.41, 5.74) is 4.88. The van der Waals surface area contributed by atoms with Gasteiger partial charge in [-0.15, -0.1) is 0 Å². The minimum atomic E-state index is -0.199. The van der Waals surface area contributed by atoms with Crippen molar-refractivity contribution >= 4 is 28.9 Å². The van der Waals surface area contributed by atoms with Crippen LogP contribution >= 0.6 is 11.8 Å². The quantitative estimate of drug-likeness (QED) is 0.311. The second-order valence-electron chi connectivity index (χ2n) is 9.50. The number of aromatic nitrogens is 2. The Bertz CT molecular complexity index is 1510. The Balaban J connectivity index is 1.20. The third kappa shape index (κ3) is 5.67. The highest BCUT2D eigenvalue weighted by molar-refractivity contribution is 8.18. The highest BCUT2D eigenvalue weighted by Gasteiger charge is 2.29. The van der Waals surface area contributed by atoms with Gasteiger partial charge in [0.1, 0.15) is 5.75 Å².